The Labute approximate surface area is 129 Å². The van der Waals surface area contributed by atoms with Crippen LogP contribution in [0.2, 0.25) is 0 Å². The summed E-state index contributed by atoms with van der Waals surface area (Å²) in [6, 6.07) is 2.29. The van der Waals surface area contributed by atoms with E-state index in [0.717, 1.165) is 6.07 Å². The standard InChI is InChI=1S/C15H21BF2N2O2/c1-14(2)15(3,4)22-16(21-14)9(8-19)7-10-11(17)5-6-12(20)13(10)18/h5-7H,8,19-20H2,1-4H3. The fraction of sp³-hybridized carbons (Fsp3) is 0.467. The summed E-state index contributed by atoms with van der Waals surface area (Å²) in [6.45, 7) is 7.61. The van der Waals surface area contributed by atoms with Gasteiger partial charge < -0.3 is 20.8 Å². The van der Waals surface area contributed by atoms with Gasteiger partial charge >= 0.3 is 7.12 Å². The van der Waals surface area contributed by atoms with Crippen molar-refractivity contribution in [3.8, 4) is 0 Å². The molecule has 1 heterocycles. The maximum Gasteiger partial charge on any atom is 0.491 e. The molecule has 4 N–H and O–H groups in total. The van der Waals surface area contributed by atoms with Gasteiger partial charge in [0.15, 0.2) is 5.82 Å². The molecule has 1 aliphatic heterocycles. The highest BCUT2D eigenvalue weighted by molar-refractivity contribution is 6.55. The Bertz CT molecular complexity index is 602. The smallest absolute Gasteiger partial charge is 0.400 e. The van der Waals surface area contributed by atoms with Crippen LogP contribution in [0.4, 0.5) is 14.5 Å². The third-order valence-corrected chi connectivity index (χ3v) is 4.28. The molecule has 0 spiro atoms. The quantitative estimate of drug-likeness (QED) is 0.665. The van der Waals surface area contributed by atoms with Crippen molar-refractivity contribution < 1.29 is 18.1 Å². The number of benzene rings is 1. The van der Waals surface area contributed by atoms with Crippen LogP contribution in [0.15, 0.2) is 17.6 Å². The van der Waals surface area contributed by atoms with E-state index >= 15 is 0 Å². The molecule has 0 bridgehead atoms. The highest BCUT2D eigenvalue weighted by Gasteiger charge is 2.52. The predicted octanol–water partition coefficient (Wildman–Crippen LogP) is 2.52. The number of hydrogen-bond acceptors (Lipinski definition) is 4. The second-order valence-electron chi connectivity index (χ2n) is 6.38. The summed E-state index contributed by atoms with van der Waals surface area (Å²) < 4.78 is 39.6. The molecule has 120 valence electrons. The van der Waals surface area contributed by atoms with Gasteiger partial charge in [-0.2, -0.15) is 0 Å². The van der Waals surface area contributed by atoms with Crippen molar-refractivity contribution >= 4 is 18.9 Å². The lowest BCUT2D eigenvalue weighted by atomic mass is 9.77. The zero-order valence-electron chi connectivity index (χ0n) is 13.2. The first-order valence-corrected chi connectivity index (χ1v) is 7.08. The van der Waals surface area contributed by atoms with Gasteiger partial charge in [0.25, 0.3) is 0 Å². The van der Waals surface area contributed by atoms with Gasteiger partial charge in [-0.3, -0.25) is 0 Å². The molecule has 1 aromatic rings. The van der Waals surface area contributed by atoms with E-state index in [9.17, 15) is 8.78 Å². The van der Waals surface area contributed by atoms with Crippen molar-refractivity contribution in [2.45, 2.75) is 38.9 Å². The highest BCUT2D eigenvalue weighted by atomic mass is 19.1. The van der Waals surface area contributed by atoms with Gasteiger partial charge in [-0.15, -0.1) is 0 Å². The lowest BCUT2D eigenvalue weighted by Crippen LogP contribution is -2.41. The number of anilines is 1. The van der Waals surface area contributed by atoms with Gasteiger partial charge in [0, 0.05) is 12.1 Å². The third kappa shape index (κ3) is 2.88. The Balaban J connectivity index is 2.40. The SMILES string of the molecule is CC1(C)OB(C(=Cc2c(F)ccc(N)c2F)CN)OC1(C)C. The first kappa shape index (κ1) is 16.9. The maximum absolute atomic E-state index is 14.0. The summed E-state index contributed by atoms with van der Waals surface area (Å²) in [4.78, 5) is 0. The van der Waals surface area contributed by atoms with Crippen molar-refractivity contribution in [1.29, 1.82) is 0 Å². The van der Waals surface area contributed by atoms with Gasteiger partial charge in [-0.05, 0) is 45.3 Å². The molecule has 0 unspecified atom stereocenters. The molecule has 0 aromatic heterocycles. The van der Waals surface area contributed by atoms with Gasteiger partial charge in [0.05, 0.1) is 16.9 Å². The Kier molecular flexibility index (Phi) is 4.34. The second kappa shape index (κ2) is 5.64. The lowest BCUT2D eigenvalue weighted by molar-refractivity contribution is 0.00578. The topological polar surface area (TPSA) is 70.5 Å². The van der Waals surface area contributed by atoms with Gasteiger partial charge in [0.2, 0.25) is 0 Å². The Morgan fingerprint density at radius 1 is 1.18 bits per heavy atom. The number of rotatable bonds is 3. The van der Waals surface area contributed by atoms with E-state index in [1.54, 1.807) is 0 Å². The molecule has 1 aromatic carbocycles. The molecule has 0 saturated carbocycles. The van der Waals surface area contributed by atoms with Crippen LogP contribution in [0, 0.1) is 11.6 Å². The normalized spacial score (nSPS) is 20.5. The first-order valence-electron chi connectivity index (χ1n) is 7.08. The van der Waals surface area contributed by atoms with Gasteiger partial charge in [-0.1, -0.05) is 6.08 Å². The summed E-state index contributed by atoms with van der Waals surface area (Å²) in [7, 11) is -0.754. The predicted molar refractivity (Wildman–Crippen MR) is 83.9 cm³/mol. The van der Waals surface area contributed by atoms with Crippen LogP contribution in [-0.4, -0.2) is 24.9 Å². The average molecular weight is 310 g/mol. The summed E-state index contributed by atoms with van der Waals surface area (Å²) in [6.07, 6.45) is 1.31. The van der Waals surface area contributed by atoms with E-state index in [2.05, 4.69) is 0 Å². The first-order chi connectivity index (χ1) is 10.1. The largest absolute Gasteiger partial charge is 0.491 e. The number of hydrogen-bond donors (Lipinski definition) is 2. The van der Waals surface area contributed by atoms with Crippen LogP contribution in [-0.2, 0) is 9.31 Å². The van der Waals surface area contributed by atoms with E-state index < -0.39 is 30.0 Å². The van der Waals surface area contributed by atoms with E-state index in [4.69, 9.17) is 20.8 Å². The van der Waals surface area contributed by atoms with Crippen molar-refractivity contribution in [1.82, 2.24) is 0 Å². The molecule has 1 fully saturated rings. The Hall–Kier alpha value is -1.44. The molecule has 0 radical (unpaired) electrons. The van der Waals surface area contributed by atoms with E-state index in [0.29, 0.717) is 5.47 Å². The van der Waals surface area contributed by atoms with Crippen LogP contribution in [0.1, 0.15) is 33.3 Å². The van der Waals surface area contributed by atoms with Crippen LogP contribution in [0.5, 0.6) is 0 Å². The molecular weight excluding hydrogens is 289 g/mol. The van der Waals surface area contributed by atoms with E-state index in [1.165, 1.54) is 12.1 Å². The molecular formula is C15H21BF2N2O2. The molecule has 0 atom stereocenters. The van der Waals surface area contributed by atoms with Gasteiger partial charge in [0.1, 0.15) is 5.82 Å². The van der Waals surface area contributed by atoms with Crippen LogP contribution in [0.3, 0.4) is 0 Å². The van der Waals surface area contributed by atoms with Crippen LogP contribution >= 0.6 is 0 Å². The third-order valence-electron chi connectivity index (χ3n) is 4.28. The minimum absolute atomic E-state index is 0.0461. The minimum Gasteiger partial charge on any atom is -0.400 e. The fourth-order valence-corrected chi connectivity index (χ4v) is 2.12. The summed E-state index contributed by atoms with van der Waals surface area (Å²) in [5.41, 5.74) is 10.2. The van der Waals surface area contributed by atoms with Crippen LogP contribution < -0.4 is 11.5 Å². The molecule has 1 saturated heterocycles. The summed E-state index contributed by atoms with van der Waals surface area (Å²) in [5.74, 6) is -1.53. The van der Waals surface area contributed by atoms with Crippen molar-refractivity contribution in [3.05, 3.63) is 34.8 Å². The second-order valence-corrected chi connectivity index (χ2v) is 6.38. The zero-order chi connectivity index (χ0) is 16.7. The lowest BCUT2D eigenvalue weighted by Gasteiger charge is -2.32. The zero-order valence-corrected chi connectivity index (χ0v) is 13.2. The molecule has 4 nitrogen and oxygen atoms in total. The Morgan fingerprint density at radius 3 is 2.23 bits per heavy atom. The number of nitrogens with two attached hydrogens (primary N) is 2. The van der Waals surface area contributed by atoms with Crippen LogP contribution in [0.25, 0.3) is 6.08 Å². The minimum atomic E-state index is -0.817. The molecule has 1 aliphatic rings. The molecule has 22 heavy (non-hydrogen) atoms. The number of nitrogen functional groups attached to an aromatic ring is 1. The summed E-state index contributed by atoms with van der Waals surface area (Å²) >= 11 is 0. The molecule has 0 amide bonds. The maximum atomic E-state index is 14.0. The fourth-order valence-electron chi connectivity index (χ4n) is 2.12. The van der Waals surface area contributed by atoms with E-state index in [1.807, 2.05) is 27.7 Å². The van der Waals surface area contributed by atoms with E-state index in [-0.39, 0.29) is 17.8 Å². The van der Waals surface area contributed by atoms with Crippen molar-refractivity contribution in [2.75, 3.05) is 12.3 Å². The number of halogens is 2. The molecule has 2 rings (SSSR count). The summed E-state index contributed by atoms with van der Waals surface area (Å²) in [5, 5.41) is 0. The average Bonchev–Trinajstić information content (AvgIpc) is 2.63. The monoisotopic (exact) mass is 310 g/mol. The molecule has 0 aliphatic carbocycles. The Morgan fingerprint density at radius 2 is 1.73 bits per heavy atom. The highest BCUT2D eigenvalue weighted by Crippen LogP contribution is 2.38. The van der Waals surface area contributed by atoms with Gasteiger partial charge in [-0.25, -0.2) is 8.78 Å². The molecule has 7 heteroatoms. The van der Waals surface area contributed by atoms with Crippen molar-refractivity contribution in [3.63, 3.8) is 0 Å². The van der Waals surface area contributed by atoms with Crippen molar-refractivity contribution in [2.24, 2.45) is 5.73 Å².